The van der Waals surface area contributed by atoms with Gasteiger partial charge in [-0.2, -0.15) is 0 Å². The van der Waals surface area contributed by atoms with Crippen molar-refractivity contribution >= 4 is 34.7 Å². The lowest BCUT2D eigenvalue weighted by atomic mass is 9.98. The fraction of sp³-hybridized carbons (Fsp3) is 0.118. The SMILES string of the molecule is O=C(/C=C/c1cccs1)NCC(O)(c1ccco1)c1cccs1. The van der Waals surface area contributed by atoms with E-state index < -0.39 is 5.60 Å². The summed E-state index contributed by atoms with van der Waals surface area (Å²) in [6, 6.07) is 10.9. The molecule has 0 aliphatic carbocycles. The highest BCUT2D eigenvalue weighted by atomic mass is 32.1. The van der Waals surface area contributed by atoms with Crippen LogP contribution in [0.5, 0.6) is 0 Å². The van der Waals surface area contributed by atoms with E-state index in [2.05, 4.69) is 5.32 Å². The molecule has 0 saturated heterocycles. The second-order valence-electron chi connectivity index (χ2n) is 4.88. The summed E-state index contributed by atoms with van der Waals surface area (Å²) in [7, 11) is 0. The number of nitrogens with one attached hydrogen (secondary N) is 1. The molecule has 2 N–H and O–H groups in total. The van der Waals surface area contributed by atoms with E-state index >= 15 is 0 Å². The largest absolute Gasteiger partial charge is 0.466 e. The lowest BCUT2D eigenvalue weighted by Crippen LogP contribution is -2.40. The molecule has 4 nitrogen and oxygen atoms in total. The van der Waals surface area contributed by atoms with Crippen molar-refractivity contribution in [2.24, 2.45) is 0 Å². The molecule has 3 heterocycles. The zero-order valence-corrected chi connectivity index (χ0v) is 13.8. The number of carbonyl (C=O) groups is 1. The third kappa shape index (κ3) is 3.61. The quantitative estimate of drug-likeness (QED) is 0.673. The standard InChI is InChI=1S/C17H15NO3S2/c19-16(8-7-13-4-2-10-22-13)18-12-17(20,14-5-1-9-21-14)15-6-3-11-23-15/h1-11,20H,12H2,(H,18,19)/b8-7+. The van der Waals surface area contributed by atoms with E-state index in [-0.39, 0.29) is 12.5 Å². The lowest BCUT2D eigenvalue weighted by Gasteiger charge is -2.24. The Labute approximate surface area is 141 Å². The fourth-order valence-corrected chi connectivity index (χ4v) is 3.59. The van der Waals surface area contributed by atoms with Gasteiger partial charge < -0.3 is 14.8 Å². The van der Waals surface area contributed by atoms with Gasteiger partial charge in [0.1, 0.15) is 5.76 Å². The Balaban J connectivity index is 1.71. The zero-order valence-electron chi connectivity index (χ0n) is 12.1. The van der Waals surface area contributed by atoms with Crippen molar-refractivity contribution in [1.82, 2.24) is 5.32 Å². The van der Waals surface area contributed by atoms with Gasteiger partial charge >= 0.3 is 0 Å². The summed E-state index contributed by atoms with van der Waals surface area (Å²) in [5.74, 6) is 0.141. The molecule has 1 unspecified atom stereocenters. The number of thiophene rings is 2. The Morgan fingerprint density at radius 1 is 1.22 bits per heavy atom. The molecular formula is C17H15NO3S2. The number of carbonyl (C=O) groups excluding carboxylic acids is 1. The number of amides is 1. The first-order valence-corrected chi connectivity index (χ1v) is 8.74. The van der Waals surface area contributed by atoms with Gasteiger partial charge in [0.25, 0.3) is 0 Å². The van der Waals surface area contributed by atoms with Crippen LogP contribution in [0.4, 0.5) is 0 Å². The molecule has 0 bridgehead atoms. The fourth-order valence-electron chi connectivity index (χ4n) is 2.14. The molecule has 3 aromatic rings. The summed E-state index contributed by atoms with van der Waals surface area (Å²) in [4.78, 5) is 13.7. The maximum Gasteiger partial charge on any atom is 0.244 e. The monoisotopic (exact) mass is 345 g/mol. The topological polar surface area (TPSA) is 62.5 Å². The summed E-state index contributed by atoms with van der Waals surface area (Å²) in [6.45, 7) is 0.0363. The Bertz CT molecular complexity index is 725. The van der Waals surface area contributed by atoms with Crippen LogP contribution in [0, 0.1) is 0 Å². The lowest BCUT2D eigenvalue weighted by molar-refractivity contribution is -0.117. The maximum absolute atomic E-state index is 12.0. The van der Waals surface area contributed by atoms with Crippen LogP contribution in [-0.2, 0) is 10.4 Å². The average Bonchev–Trinajstić information content (AvgIpc) is 3.33. The highest BCUT2D eigenvalue weighted by Crippen LogP contribution is 2.32. The highest BCUT2D eigenvalue weighted by molar-refractivity contribution is 7.10. The molecule has 6 heteroatoms. The van der Waals surface area contributed by atoms with Gasteiger partial charge in [-0.3, -0.25) is 4.79 Å². The first kappa shape index (κ1) is 15.7. The molecular weight excluding hydrogens is 330 g/mol. The van der Waals surface area contributed by atoms with Gasteiger partial charge in [-0.15, -0.1) is 22.7 Å². The third-order valence-corrected chi connectivity index (χ3v) is 5.18. The Kier molecular flexibility index (Phi) is 4.76. The van der Waals surface area contributed by atoms with Gasteiger partial charge in [-0.25, -0.2) is 0 Å². The van der Waals surface area contributed by atoms with Gasteiger partial charge in [0.15, 0.2) is 5.60 Å². The van der Waals surface area contributed by atoms with Crippen molar-refractivity contribution in [3.05, 3.63) is 75.0 Å². The van der Waals surface area contributed by atoms with Crippen molar-refractivity contribution in [1.29, 1.82) is 0 Å². The van der Waals surface area contributed by atoms with E-state index in [1.165, 1.54) is 23.7 Å². The van der Waals surface area contributed by atoms with Gasteiger partial charge in [-0.05, 0) is 41.1 Å². The molecule has 3 aromatic heterocycles. The molecule has 0 aromatic carbocycles. The van der Waals surface area contributed by atoms with Crippen molar-refractivity contribution in [3.63, 3.8) is 0 Å². The molecule has 3 rings (SSSR count). The van der Waals surface area contributed by atoms with E-state index in [9.17, 15) is 9.90 Å². The minimum atomic E-state index is -1.37. The average molecular weight is 345 g/mol. The predicted molar refractivity (Wildman–Crippen MR) is 92.4 cm³/mol. The molecule has 0 fully saturated rings. The summed E-state index contributed by atoms with van der Waals surface area (Å²) in [6.07, 6.45) is 4.71. The number of aliphatic hydroxyl groups is 1. The normalized spacial score (nSPS) is 14.0. The Morgan fingerprint density at radius 2 is 2.04 bits per heavy atom. The van der Waals surface area contributed by atoms with Crippen LogP contribution in [0.2, 0.25) is 0 Å². The molecule has 0 aliphatic heterocycles. The predicted octanol–water partition coefficient (Wildman–Crippen LogP) is 3.47. The van der Waals surface area contributed by atoms with Crippen molar-refractivity contribution in [2.75, 3.05) is 6.54 Å². The molecule has 23 heavy (non-hydrogen) atoms. The highest BCUT2D eigenvalue weighted by Gasteiger charge is 2.35. The summed E-state index contributed by atoms with van der Waals surface area (Å²) in [5.41, 5.74) is -1.37. The number of hydrogen-bond donors (Lipinski definition) is 2. The van der Waals surface area contributed by atoms with E-state index in [1.807, 2.05) is 35.0 Å². The second kappa shape index (κ2) is 6.95. The van der Waals surface area contributed by atoms with Crippen LogP contribution in [-0.4, -0.2) is 17.6 Å². The minimum Gasteiger partial charge on any atom is -0.466 e. The van der Waals surface area contributed by atoms with E-state index in [4.69, 9.17) is 4.42 Å². The molecule has 0 aliphatic rings. The van der Waals surface area contributed by atoms with E-state index in [1.54, 1.807) is 29.5 Å². The van der Waals surface area contributed by atoms with Gasteiger partial charge in [0.05, 0.1) is 12.8 Å². The second-order valence-corrected chi connectivity index (χ2v) is 6.81. The van der Waals surface area contributed by atoms with Crippen LogP contribution in [0.3, 0.4) is 0 Å². The summed E-state index contributed by atoms with van der Waals surface area (Å²) < 4.78 is 5.36. The molecule has 1 amide bonds. The minimum absolute atomic E-state index is 0.0363. The van der Waals surface area contributed by atoms with Crippen LogP contribution in [0.15, 0.2) is 63.9 Å². The van der Waals surface area contributed by atoms with Crippen molar-refractivity contribution < 1.29 is 14.3 Å². The zero-order chi connectivity index (χ0) is 16.1. The Hall–Kier alpha value is -2.15. The summed E-state index contributed by atoms with van der Waals surface area (Å²) >= 11 is 2.97. The first-order valence-electron chi connectivity index (χ1n) is 6.98. The van der Waals surface area contributed by atoms with Crippen molar-refractivity contribution in [3.8, 4) is 0 Å². The van der Waals surface area contributed by atoms with E-state index in [0.717, 1.165) is 9.75 Å². The molecule has 0 spiro atoms. The van der Waals surface area contributed by atoms with Crippen LogP contribution >= 0.6 is 22.7 Å². The molecule has 0 radical (unpaired) electrons. The number of furan rings is 1. The van der Waals surface area contributed by atoms with Crippen molar-refractivity contribution in [2.45, 2.75) is 5.60 Å². The molecule has 118 valence electrons. The van der Waals surface area contributed by atoms with Gasteiger partial charge in [0, 0.05) is 15.8 Å². The number of hydrogen-bond acceptors (Lipinski definition) is 5. The van der Waals surface area contributed by atoms with Gasteiger partial charge in [-0.1, -0.05) is 12.1 Å². The molecule has 0 saturated carbocycles. The van der Waals surface area contributed by atoms with Gasteiger partial charge in [0.2, 0.25) is 5.91 Å². The Morgan fingerprint density at radius 3 is 2.70 bits per heavy atom. The first-order chi connectivity index (χ1) is 11.2. The molecule has 1 atom stereocenters. The summed E-state index contributed by atoms with van der Waals surface area (Å²) in [5, 5.41) is 17.6. The van der Waals surface area contributed by atoms with Crippen LogP contribution in [0.1, 0.15) is 15.5 Å². The smallest absolute Gasteiger partial charge is 0.244 e. The maximum atomic E-state index is 12.0. The number of rotatable bonds is 6. The van der Waals surface area contributed by atoms with Crippen LogP contribution < -0.4 is 5.32 Å². The third-order valence-electron chi connectivity index (χ3n) is 3.32. The van der Waals surface area contributed by atoms with E-state index in [0.29, 0.717) is 5.76 Å². The van der Waals surface area contributed by atoms with Crippen LogP contribution in [0.25, 0.3) is 6.08 Å².